The van der Waals surface area contributed by atoms with Crippen molar-refractivity contribution in [1.82, 2.24) is 19.5 Å². The van der Waals surface area contributed by atoms with Crippen LogP contribution >= 0.6 is 0 Å². The highest BCUT2D eigenvalue weighted by Crippen LogP contribution is 2.48. The van der Waals surface area contributed by atoms with Gasteiger partial charge in [0.15, 0.2) is 17.5 Å². The fourth-order valence-corrected chi connectivity index (χ4v) is 8.64. The minimum absolute atomic E-state index is 0.101. The second kappa shape index (κ2) is 12.6. The van der Waals surface area contributed by atoms with Crippen LogP contribution in [0.2, 0.25) is 0 Å². The second-order valence-corrected chi connectivity index (χ2v) is 16.4. The van der Waals surface area contributed by atoms with Crippen molar-refractivity contribution in [2.45, 2.75) is 51.4 Å². The molecule has 0 fully saturated rings. The Kier molecular flexibility index (Phi) is 7.60. The predicted molar refractivity (Wildman–Crippen MR) is 229 cm³/mol. The first-order valence-corrected chi connectivity index (χ1v) is 19.3. The number of benzene rings is 7. The summed E-state index contributed by atoms with van der Waals surface area (Å²) in [7, 11) is 0. The number of hydrogen-bond donors (Lipinski definition) is 0. The minimum Gasteiger partial charge on any atom is -0.309 e. The van der Waals surface area contributed by atoms with Crippen molar-refractivity contribution >= 4 is 32.6 Å². The number of hydrogen-bond acceptors (Lipinski definition) is 3. The van der Waals surface area contributed by atoms with Crippen LogP contribution < -0.4 is 0 Å². The highest BCUT2D eigenvalue weighted by Gasteiger charge is 2.38. The van der Waals surface area contributed by atoms with Gasteiger partial charge in [0.05, 0.1) is 11.0 Å². The third-order valence-electron chi connectivity index (χ3n) is 11.9. The van der Waals surface area contributed by atoms with E-state index < -0.39 is 0 Å². The summed E-state index contributed by atoms with van der Waals surface area (Å²) in [5.41, 5.74) is 11.9. The van der Waals surface area contributed by atoms with Gasteiger partial charge in [-0.2, -0.15) is 0 Å². The van der Waals surface area contributed by atoms with E-state index in [0.29, 0.717) is 17.5 Å². The zero-order valence-electron chi connectivity index (χ0n) is 31.7. The van der Waals surface area contributed by atoms with Crippen LogP contribution in [0.1, 0.15) is 51.7 Å². The average Bonchev–Trinajstić information content (AvgIpc) is 3.56. The minimum atomic E-state index is 0.101. The van der Waals surface area contributed by atoms with E-state index >= 15 is 0 Å². The summed E-state index contributed by atoms with van der Waals surface area (Å²) in [5.74, 6) is 1.95. The van der Waals surface area contributed by atoms with Gasteiger partial charge in [0, 0.05) is 33.2 Å². The molecule has 0 radical (unpaired) electrons. The van der Waals surface area contributed by atoms with E-state index in [2.05, 4.69) is 172 Å². The maximum atomic E-state index is 5.18. The third-order valence-corrected chi connectivity index (χ3v) is 11.9. The molecule has 0 spiro atoms. The normalized spacial score (nSPS) is 14.7. The largest absolute Gasteiger partial charge is 0.309 e. The van der Waals surface area contributed by atoms with E-state index in [-0.39, 0.29) is 10.8 Å². The Balaban J connectivity index is 1.13. The number of nitrogens with zero attached hydrogens (tertiary/aromatic N) is 4. The zero-order chi connectivity index (χ0) is 37.3. The first-order valence-electron chi connectivity index (χ1n) is 19.3. The molecule has 0 N–H and O–H groups in total. The van der Waals surface area contributed by atoms with E-state index in [9.17, 15) is 0 Å². The number of fused-ring (bicyclic) bond motifs is 5. The first kappa shape index (κ1) is 33.2. The summed E-state index contributed by atoms with van der Waals surface area (Å²) in [6.07, 6.45) is 2.36. The summed E-state index contributed by atoms with van der Waals surface area (Å²) in [5, 5.41) is 4.88. The van der Waals surface area contributed by atoms with Gasteiger partial charge in [-0.1, -0.05) is 143 Å². The molecule has 0 unspecified atom stereocenters. The van der Waals surface area contributed by atoms with Gasteiger partial charge in [0.25, 0.3) is 0 Å². The van der Waals surface area contributed by atoms with Crippen molar-refractivity contribution in [2.75, 3.05) is 0 Å². The summed E-state index contributed by atoms with van der Waals surface area (Å²) >= 11 is 0. The molecule has 1 aliphatic carbocycles. The lowest BCUT2D eigenvalue weighted by molar-refractivity contribution is 0.332. The molecular weight excluding hydrogens is 669 g/mol. The molecule has 9 aromatic rings. The van der Waals surface area contributed by atoms with Gasteiger partial charge in [-0.05, 0) is 99.2 Å². The van der Waals surface area contributed by atoms with Crippen molar-refractivity contribution in [3.63, 3.8) is 0 Å². The Morgan fingerprint density at radius 2 is 0.927 bits per heavy atom. The van der Waals surface area contributed by atoms with Crippen molar-refractivity contribution in [2.24, 2.45) is 0 Å². The van der Waals surface area contributed by atoms with Crippen LogP contribution in [0, 0.1) is 0 Å². The fraction of sp³-hybridized carbons (Fsp3) is 0.157. The van der Waals surface area contributed by atoms with E-state index in [0.717, 1.165) is 27.8 Å². The van der Waals surface area contributed by atoms with Crippen molar-refractivity contribution in [1.29, 1.82) is 0 Å². The molecular formula is C51H42N4. The second-order valence-electron chi connectivity index (χ2n) is 16.4. The predicted octanol–water partition coefficient (Wildman–Crippen LogP) is 13.1. The number of rotatable bonds is 5. The van der Waals surface area contributed by atoms with Gasteiger partial charge in [-0.15, -0.1) is 0 Å². The van der Waals surface area contributed by atoms with Crippen LogP contribution in [0.3, 0.4) is 0 Å². The topological polar surface area (TPSA) is 43.6 Å². The van der Waals surface area contributed by atoms with Crippen molar-refractivity contribution < 1.29 is 0 Å². The highest BCUT2D eigenvalue weighted by atomic mass is 15.0. The van der Waals surface area contributed by atoms with E-state index in [1.54, 1.807) is 0 Å². The molecule has 4 nitrogen and oxygen atoms in total. The van der Waals surface area contributed by atoms with Gasteiger partial charge >= 0.3 is 0 Å². The van der Waals surface area contributed by atoms with Crippen LogP contribution in [0.5, 0.6) is 0 Å². The van der Waals surface area contributed by atoms with Gasteiger partial charge in [0.2, 0.25) is 0 Å². The Morgan fingerprint density at radius 3 is 1.62 bits per heavy atom. The molecule has 0 saturated carbocycles. The van der Waals surface area contributed by atoms with Gasteiger partial charge < -0.3 is 4.57 Å². The van der Waals surface area contributed by atoms with Crippen LogP contribution in [-0.2, 0) is 10.8 Å². The van der Waals surface area contributed by atoms with Crippen molar-refractivity contribution in [3.05, 3.63) is 169 Å². The van der Waals surface area contributed by atoms with Gasteiger partial charge in [-0.3, -0.25) is 0 Å². The molecule has 2 aromatic heterocycles. The highest BCUT2D eigenvalue weighted by molar-refractivity contribution is 6.10. The summed E-state index contributed by atoms with van der Waals surface area (Å²) in [4.78, 5) is 15.4. The van der Waals surface area contributed by atoms with Crippen molar-refractivity contribution in [3.8, 4) is 51.0 Å². The first-order chi connectivity index (χ1) is 26.7. The van der Waals surface area contributed by atoms with Crippen LogP contribution in [0.4, 0.5) is 0 Å². The Morgan fingerprint density at radius 1 is 0.400 bits per heavy atom. The SMILES string of the molecule is CC1(C)CCC(C)(C)c2cc3c(cc21)c1ccccc1n3-c1cccc(-c2nc(-c3ccccc3)nc(-c3ccc4cc(-c5ccccc5)ccc4c3)n2)c1. The Hall–Kier alpha value is -6.39. The fourth-order valence-electron chi connectivity index (χ4n) is 8.64. The molecule has 0 bridgehead atoms. The standard InChI is InChI=1S/C51H42N4/c1-50(2)26-27-51(3,4)44-32-46-42(31-43(44)50)41-20-11-12-21-45(41)55(46)40-19-13-18-38(30-40)48-52-47(34-16-9-6-10-17-34)53-49(54-48)39-25-24-36-28-35(22-23-37(36)29-39)33-14-7-5-8-15-33/h5-25,28-32H,26-27H2,1-4H3. The van der Waals surface area contributed by atoms with Crippen LogP contribution in [0.25, 0.3) is 83.6 Å². The molecule has 0 aliphatic heterocycles. The monoisotopic (exact) mass is 710 g/mol. The average molecular weight is 711 g/mol. The summed E-state index contributed by atoms with van der Waals surface area (Å²) < 4.78 is 2.43. The van der Waals surface area contributed by atoms with Crippen LogP contribution in [0.15, 0.2) is 158 Å². The van der Waals surface area contributed by atoms with E-state index in [1.165, 1.54) is 62.3 Å². The number of para-hydroxylation sites is 1. The molecule has 4 heteroatoms. The lowest BCUT2D eigenvalue weighted by atomic mass is 9.63. The molecule has 0 amide bonds. The molecule has 1 aliphatic rings. The molecule has 10 rings (SSSR count). The van der Waals surface area contributed by atoms with Gasteiger partial charge in [0.1, 0.15) is 0 Å². The quantitative estimate of drug-likeness (QED) is 0.179. The Labute approximate surface area is 322 Å². The molecule has 55 heavy (non-hydrogen) atoms. The lowest BCUT2D eigenvalue weighted by Gasteiger charge is -2.42. The lowest BCUT2D eigenvalue weighted by Crippen LogP contribution is -2.33. The molecule has 0 atom stereocenters. The van der Waals surface area contributed by atoms with E-state index in [1.807, 2.05) is 18.2 Å². The van der Waals surface area contributed by atoms with Gasteiger partial charge in [-0.25, -0.2) is 15.0 Å². The Bertz CT molecular complexity index is 2920. The molecule has 266 valence electrons. The summed E-state index contributed by atoms with van der Waals surface area (Å²) in [6.45, 7) is 9.62. The zero-order valence-corrected chi connectivity index (χ0v) is 31.7. The molecule has 0 saturated heterocycles. The number of aromatic nitrogens is 4. The maximum absolute atomic E-state index is 5.18. The van der Waals surface area contributed by atoms with Crippen LogP contribution in [-0.4, -0.2) is 19.5 Å². The van der Waals surface area contributed by atoms with E-state index in [4.69, 9.17) is 15.0 Å². The summed E-state index contributed by atoms with van der Waals surface area (Å²) in [6, 6.07) is 56.3. The molecule has 7 aromatic carbocycles. The molecule has 2 heterocycles. The smallest absolute Gasteiger partial charge is 0.164 e. The maximum Gasteiger partial charge on any atom is 0.164 e. The third kappa shape index (κ3) is 5.72.